The number of halogens is 2. The largest absolute Gasteiger partial charge is 0.381 e. The van der Waals surface area contributed by atoms with Crippen LogP contribution in [-0.2, 0) is 0 Å². The standard InChI is InChI=1S/C18H27BrClN/c1-5-18(3,4)13-6-8-14(9-7-13)21-17-11-16(20)12(2)10-15(17)19/h10-11,13-14,21H,5-9H2,1-4H3. The molecule has 0 radical (unpaired) electrons. The molecule has 0 aliphatic heterocycles. The third-order valence-electron chi connectivity index (χ3n) is 5.35. The lowest BCUT2D eigenvalue weighted by Gasteiger charge is -2.39. The van der Waals surface area contributed by atoms with Crippen molar-refractivity contribution < 1.29 is 0 Å². The van der Waals surface area contributed by atoms with E-state index in [2.05, 4.69) is 48.1 Å². The van der Waals surface area contributed by atoms with Gasteiger partial charge in [-0.1, -0.05) is 38.8 Å². The molecule has 1 saturated carbocycles. The summed E-state index contributed by atoms with van der Waals surface area (Å²) in [5, 5.41) is 4.51. The summed E-state index contributed by atoms with van der Waals surface area (Å²) in [6, 6.07) is 4.71. The van der Waals surface area contributed by atoms with Crippen molar-refractivity contribution in [2.24, 2.45) is 11.3 Å². The van der Waals surface area contributed by atoms with Crippen molar-refractivity contribution in [1.82, 2.24) is 0 Å². The summed E-state index contributed by atoms with van der Waals surface area (Å²) < 4.78 is 1.11. The van der Waals surface area contributed by atoms with Crippen LogP contribution in [0.25, 0.3) is 0 Å². The van der Waals surface area contributed by atoms with E-state index < -0.39 is 0 Å². The molecule has 21 heavy (non-hydrogen) atoms. The molecule has 1 aromatic rings. The zero-order valence-corrected chi connectivity index (χ0v) is 15.9. The second kappa shape index (κ2) is 6.91. The molecule has 0 saturated heterocycles. The maximum Gasteiger partial charge on any atom is 0.0501 e. The first kappa shape index (κ1) is 17.1. The van der Waals surface area contributed by atoms with Gasteiger partial charge in [-0.2, -0.15) is 0 Å². The first-order valence-electron chi connectivity index (χ1n) is 8.05. The molecule has 0 unspecified atom stereocenters. The Morgan fingerprint density at radius 1 is 1.24 bits per heavy atom. The van der Waals surface area contributed by atoms with Gasteiger partial charge in [0.15, 0.2) is 0 Å². The SMILES string of the molecule is CCC(C)(C)C1CCC(Nc2cc(Cl)c(C)cc2Br)CC1. The average Bonchev–Trinajstić information content (AvgIpc) is 2.45. The molecule has 2 rings (SSSR count). The van der Waals surface area contributed by atoms with Gasteiger partial charge in [-0.3, -0.25) is 0 Å². The van der Waals surface area contributed by atoms with Crippen LogP contribution in [0.4, 0.5) is 5.69 Å². The van der Waals surface area contributed by atoms with Gasteiger partial charge in [-0.05, 0) is 77.6 Å². The summed E-state index contributed by atoms with van der Waals surface area (Å²) in [6.07, 6.45) is 6.44. The van der Waals surface area contributed by atoms with Crippen LogP contribution in [0, 0.1) is 18.3 Å². The summed E-state index contributed by atoms with van der Waals surface area (Å²) in [6.45, 7) is 9.19. The minimum atomic E-state index is 0.485. The van der Waals surface area contributed by atoms with Crippen LogP contribution in [0.5, 0.6) is 0 Å². The van der Waals surface area contributed by atoms with Crippen LogP contribution in [-0.4, -0.2) is 6.04 Å². The molecule has 1 aliphatic carbocycles. The summed E-state index contributed by atoms with van der Waals surface area (Å²) in [5.41, 5.74) is 2.73. The van der Waals surface area contributed by atoms with Gasteiger partial charge in [0.2, 0.25) is 0 Å². The number of rotatable bonds is 4. The Kier molecular flexibility index (Phi) is 5.65. The van der Waals surface area contributed by atoms with E-state index in [0.29, 0.717) is 11.5 Å². The maximum atomic E-state index is 6.24. The molecule has 1 aliphatic rings. The molecule has 0 amide bonds. The molecule has 1 aromatic carbocycles. The highest BCUT2D eigenvalue weighted by Gasteiger charge is 2.31. The monoisotopic (exact) mass is 371 g/mol. The van der Waals surface area contributed by atoms with Crippen molar-refractivity contribution in [2.75, 3.05) is 5.32 Å². The van der Waals surface area contributed by atoms with Gasteiger partial charge >= 0.3 is 0 Å². The van der Waals surface area contributed by atoms with Gasteiger partial charge in [-0.25, -0.2) is 0 Å². The van der Waals surface area contributed by atoms with Crippen LogP contribution < -0.4 is 5.32 Å². The first-order chi connectivity index (χ1) is 9.83. The fraction of sp³-hybridized carbons (Fsp3) is 0.667. The Bertz CT molecular complexity index is 490. The van der Waals surface area contributed by atoms with E-state index in [1.165, 1.54) is 32.1 Å². The number of hydrogen-bond acceptors (Lipinski definition) is 1. The minimum absolute atomic E-state index is 0.485. The fourth-order valence-electron chi connectivity index (χ4n) is 3.28. The van der Waals surface area contributed by atoms with Crippen LogP contribution in [0.2, 0.25) is 5.02 Å². The van der Waals surface area contributed by atoms with Crippen molar-refractivity contribution in [3.63, 3.8) is 0 Å². The van der Waals surface area contributed by atoms with Gasteiger partial charge in [0.05, 0.1) is 5.69 Å². The lowest BCUT2D eigenvalue weighted by Crippen LogP contribution is -2.32. The van der Waals surface area contributed by atoms with Crippen molar-refractivity contribution in [3.05, 3.63) is 27.2 Å². The number of nitrogens with one attached hydrogen (secondary N) is 1. The molecule has 1 N–H and O–H groups in total. The van der Waals surface area contributed by atoms with E-state index >= 15 is 0 Å². The molecule has 0 spiro atoms. The van der Waals surface area contributed by atoms with Gasteiger partial charge < -0.3 is 5.32 Å². The van der Waals surface area contributed by atoms with E-state index in [4.69, 9.17) is 11.6 Å². The molecular formula is C18H27BrClN. The number of benzene rings is 1. The van der Waals surface area contributed by atoms with E-state index in [0.717, 1.165) is 26.7 Å². The molecule has 118 valence electrons. The van der Waals surface area contributed by atoms with Crippen molar-refractivity contribution in [1.29, 1.82) is 0 Å². The topological polar surface area (TPSA) is 12.0 Å². The zero-order chi connectivity index (χ0) is 15.6. The fourth-order valence-corrected chi connectivity index (χ4v) is 4.02. The van der Waals surface area contributed by atoms with Gasteiger partial charge in [-0.15, -0.1) is 0 Å². The highest BCUT2D eigenvalue weighted by molar-refractivity contribution is 9.10. The van der Waals surface area contributed by atoms with Gasteiger partial charge in [0, 0.05) is 15.5 Å². The predicted molar refractivity (Wildman–Crippen MR) is 97.3 cm³/mol. The predicted octanol–water partition coefficient (Wildman–Crippen LogP) is 6.82. The van der Waals surface area contributed by atoms with E-state index in [9.17, 15) is 0 Å². The summed E-state index contributed by atoms with van der Waals surface area (Å²) in [4.78, 5) is 0. The van der Waals surface area contributed by atoms with E-state index in [-0.39, 0.29) is 0 Å². The average molecular weight is 373 g/mol. The third kappa shape index (κ3) is 4.16. The van der Waals surface area contributed by atoms with Crippen LogP contribution >= 0.6 is 27.5 Å². The molecule has 0 aromatic heterocycles. The maximum absolute atomic E-state index is 6.24. The smallest absolute Gasteiger partial charge is 0.0501 e. The normalized spacial score (nSPS) is 23.1. The zero-order valence-electron chi connectivity index (χ0n) is 13.6. The summed E-state index contributed by atoms with van der Waals surface area (Å²) >= 11 is 9.89. The highest BCUT2D eigenvalue weighted by atomic mass is 79.9. The lowest BCUT2D eigenvalue weighted by molar-refractivity contribution is 0.147. The second-order valence-corrected chi connectivity index (χ2v) is 8.38. The second-order valence-electron chi connectivity index (χ2n) is 7.12. The molecule has 1 fully saturated rings. The number of hydrogen-bond donors (Lipinski definition) is 1. The molecule has 0 heterocycles. The van der Waals surface area contributed by atoms with Crippen molar-refractivity contribution in [2.45, 2.75) is 65.8 Å². The van der Waals surface area contributed by atoms with Crippen LogP contribution in [0.3, 0.4) is 0 Å². The van der Waals surface area contributed by atoms with Gasteiger partial charge in [0.1, 0.15) is 0 Å². The molecule has 0 bridgehead atoms. The Balaban J connectivity index is 1.97. The van der Waals surface area contributed by atoms with Crippen LogP contribution in [0.15, 0.2) is 16.6 Å². The minimum Gasteiger partial charge on any atom is -0.381 e. The summed E-state index contributed by atoms with van der Waals surface area (Å²) in [5.74, 6) is 0.866. The summed E-state index contributed by atoms with van der Waals surface area (Å²) in [7, 11) is 0. The molecule has 0 atom stereocenters. The van der Waals surface area contributed by atoms with E-state index in [1.807, 2.05) is 13.0 Å². The quantitative estimate of drug-likeness (QED) is 0.611. The molecule has 1 nitrogen and oxygen atoms in total. The Hall–Kier alpha value is -0.210. The molecular weight excluding hydrogens is 346 g/mol. The molecule has 3 heteroatoms. The van der Waals surface area contributed by atoms with Crippen molar-refractivity contribution >= 4 is 33.2 Å². The Labute approximate surface area is 143 Å². The third-order valence-corrected chi connectivity index (χ3v) is 6.41. The van der Waals surface area contributed by atoms with Crippen molar-refractivity contribution in [3.8, 4) is 0 Å². The first-order valence-corrected chi connectivity index (χ1v) is 9.22. The number of aryl methyl sites for hydroxylation is 1. The van der Waals surface area contributed by atoms with E-state index in [1.54, 1.807) is 0 Å². The van der Waals surface area contributed by atoms with Gasteiger partial charge in [0.25, 0.3) is 0 Å². The number of anilines is 1. The Morgan fingerprint density at radius 3 is 2.43 bits per heavy atom. The lowest BCUT2D eigenvalue weighted by atomic mass is 9.69. The highest BCUT2D eigenvalue weighted by Crippen LogP contribution is 2.41. The van der Waals surface area contributed by atoms with Crippen LogP contribution in [0.1, 0.15) is 58.4 Å². The Morgan fingerprint density at radius 2 is 1.86 bits per heavy atom.